The first-order valence-electron chi connectivity index (χ1n) is 12.9. The predicted molar refractivity (Wildman–Crippen MR) is 156 cm³/mol. The van der Waals surface area contributed by atoms with Crippen LogP contribution in [-0.2, 0) is 0 Å². The van der Waals surface area contributed by atoms with Crippen LogP contribution in [0, 0.1) is 0 Å². The normalized spacial score (nSPS) is 11.5. The molecule has 0 radical (unpaired) electrons. The molecule has 7 heteroatoms. The molecule has 0 aliphatic heterocycles. The summed E-state index contributed by atoms with van der Waals surface area (Å²) in [5, 5.41) is 3.00. The Kier molecular flexibility index (Phi) is 4.99. The Hall–Kier alpha value is -5.69. The molecule has 0 saturated heterocycles. The van der Waals surface area contributed by atoms with Crippen LogP contribution in [0.3, 0.4) is 0 Å². The highest BCUT2D eigenvalue weighted by molar-refractivity contribution is 6.09. The lowest BCUT2D eigenvalue weighted by Gasteiger charge is -2.11. The Morgan fingerprint density at radius 3 is 1.57 bits per heavy atom. The lowest BCUT2D eigenvalue weighted by atomic mass is 10.2. The number of hydrogen-bond donors (Lipinski definition) is 0. The molecule has 0 N–H and O–H groups in total. The quantitative estimate of drug-likeness (QED) is 0.241. The molecule has 8 aromatic rings. The third-order valence-corrected chi connectivity index (χ3v) is 7.02. The lowest BCUT2D eigenvalue weighted by molar-refractivity contribution is 0.572. The highest BCUT2D eigenvalue weighted by Gasteiger charge is 2.20. The van der Waals surface area contributed by atoms with Crippen LogP contribution in [0.25, 0.3) is 73.0 Å². The summed E-state index contributed by atoms with van der Waals surface area (Å²) in [4.78, 5) is 24.7. The Labute approximate surface area is 228 Å². The van der Waals surface area contributed by atoms with E-state index in [2.05, 4.69) is 28.8 Å². The van der Waals surface area contributed by atoms with E-state index in [0.29, 0.717) is 34.6 Å². The maximum Gasteiger partial charge on any atom is 0.236 e. The molecular formula is C33H20N6O. The first kappa shape index (κ1) is 22.3. The predicted octanol–water partition coefficient (Wildman–Crippen LogP) is 7.51. The van der Waals surface area contributed by atoms with E-state index in [1.807, 2.05) is 84.9 Å². The first-order chi connectivity index (χ1) is 19.8. The van der Waals surface area contributed by atoms with Crippen LogP contribution < -0.4 is 0 Å². The third-order valence-electron chi connectivity index (χ3n) is 7.02. The average Bonchev–Trinajstić information content (AvgIpc) is 3.64. The Balaban J connectivity index is 1.42. The van der Waals surface area contributed by atoms with Crippen molar-refractivity contribution in [2.24, 2.45) is 0 Å². The van der Waals surface area contributed by atoms with Gasteiger partial charge < -0.3 is 4.42 Å². The minimum absolute atomic E-state index is 0.448. The molecule has 188 valence electrons. The standard InChI is InChI=1S/C33H20N6O/c1-3-11-21(12-4-1)30-36-31(22-13-5-2-6-14-22)38-32(37-30)29-25-19-40-20-26(25)34-33(35-29)39-27-17-9-7-15-23(27)24-16-8-10-18-28(24)39/h1-20H. The van der Waals surface area contributed by atoms with Gasteiger partial charge in [0.1, 0.15) is 23.7 Å². The zero-order valence-electron chi connectivity index (χ0n) is 21.1. The van der Waals surface area contributed by atoms with E-state index in [1.54, 1.807) is 12.5 Å². The summed E-state index contributed by atoms with van der Waals surface area (Å²) in [5.74, 6) is 2.10. The largest absolute Gasteiger partial charge is 0.470 e. The molecule has 40 heavy (non-hydrogen) atoms. The van der Waals surface area contributed by atoms with Gasteiger partial charge in [0.2, 0.25) is 5.95 Å². The van der Waals surface area contributed by atoms with Crippen molar-refractivity contribution in [3.05, 3.63) is 122 Å². The molecule has 0 aliphatic carbocycles. The van der Waals surface area contributed by atoms with E-state index in [4.69, 9.17) is 29.3 Å². The minimum Gasteiger partial charge on any atom is -0.470 e. The van der Waals surface area contributed by atoms with Gasteiger partial charge in [0.25, 0.3) is 0 Å². The van der Waals surface area contributed by atoms with Gasteiger partial charge >= 0.3 is 0 Å². The molecule has 0 aliphatic rings. The summed E-state index contributed by atoms with van der Waals surface area (Å²) in [5.41, 5.74) is 5.07. The van der Waals surface area contributed by atoms with Gasteiger partial charge in [-0.05, 0) is 12.1 Å². The first-order valence-corrected chi connectivity index (χ1v) is 12.9. The molecule has 0 saturated carbocycles. The second-order valence-electron chi connectivity index (χ2n) is 9.45. The van der Waals surface area contributed by atoms with E-state index in [9.17, 15) is 0 Å². The van der Waals surface area contributed by atoms with Gasteiger partial charge in [0.05, 0.1) is 16.4 Å². The lowest BCUT2D eigenvalue weighted by Crippen LogP contribution is -2.06. The van der Waals surface area contributed by atoms with Gasteiger partial charge in [-0.25, -0.2) is 24.9 Å². The average molecular weight is 517 g/mol. The van der Waals surface area contributed by atoms with E-state index in [1.165, 1.54) is 0 Å². The van der Waals surface area contributed by atoms with Crippen molar-refractivity contribution >= 4 is 32.7 Å². The van der Waals surface area contributed by atoms with Gasteiger partial charge in [-0.2, -0.15) is 0 Å². The molecule has 7 nitrogen and oxygen atoms in total. The highest BCUT2D eigenvalue weighted by atomic mass is 16.3. The van der Waals surface area contributed by atoms with Crippen LogP contribution >= 0.6 is 0 Å². The summed E-state index contributed by atoms with van der Waals surface area (Å²) < 4.78 is 7.70. The molecule has 4 aromatic heterocycles. The molecule has 4 heterocycles. The van der Waals surface area contributed by atoms with Crippen molar-refractivity contribution in [1.82, 2.24) is 29.5 Å². The second-order valence-corrected chi connectivity index (χ2v) is 9.45. The van der Waals surface area contributed by atoms with E-state index in [-0.39, 0.29) is 0 Å². The maximum atomic E-state index is 5.62. The van der Waals surface area contributed by atoms with Crippen molar-refractivity contribution in [3.63, 3.8) is 0 Å². The van der Waals surface area contributed by atoms with Gasteiger partial charge in [0.15, 0.2) is 17.5 Å². The van der Waals surface area contributed by atoms with Crippen molar-refractivity contribution in [3.8, 4) is 40.2 Å². The molecule has 0 amide bonds. The van der Waals surface area contributed by atoms with E-state index < -0.39 is 0 Å². The van der Waals surface area contributed by atoms with E-state index in [0.717, 1.165) is 38.3 Å². The SMILES string of the molecule is c1ccc(-c2nc(-c3ccccc3)nc(-c3nc(-n4c5ccccc5c5ccccc54)nc4cocc34)n2)cc1. The topological polar surface area (TPSA) is 82.5 Å². The van der Waals surface area contributed by atoms with Crippen LogP contribution in [0.1, 0.15) is 0 Å². The van der Waals surface area contributed by atoms with Gasteiger partial charge in [-0.15, -0.1) is 0 Å². The van der Waals surface area contributed by atoms with Crippen molar-refractivity contribution in [2.75, 3.05) is 0 Å². The van der Waals surface area contributed by atoms with Crippen molar-refractivity contribution < 1.29 is 4.42 Å². The Bertz CT molecular complexity index is 2060. The molecule has 0 spiro atoms. The van der Waals surface area contributed by atoms with Crippen molar-refractivity contribution in [1.29, 1.82) is 0 Å². The minimum atomic E-state index is 0.448. The van der Waals surface area contributed by atoms with Crippen LogP contribution in [0.15, 0.2) is 126 Å². The fourth-order valence-corrected chi connectivity index (χ4v) is 5.17. The smallest absolute Gasteiger partial charge is 0.236 e. The van der Waals surface area contributed by atoms with Crippen LogP contribution in [0.5, 0.6) is 0 Å². The summed E-state index contributed by atoms with van der Waals surface area (Å²) in [6, 6.07) is 36.4. The zero-order chi connectivity index (χ0) is 26.5. The van der Waals surface area contributed by atoms with Crippen LogP contribution in [0.4, 0.5) is 0 Å². The van der Waals surface area contributed by atoms with Crippen LogP contribution in [-0.4, -0.2) is 29.5 Å². The Morgan fingerprint density at radius 2 is 0.975 bits per heavy atom. The summed E-state index contributed by atoms with van der Waals surface area (Å²) in [6.07, 6.45) is 3.28. The summed E-state index contributed by atoms with van der Waals surface area (Å²) >= 11 is 0. The molecule has 8 rings (SSSR count). The highest BCUT2D eigenvalue weighted by Crippen LogP contribution is 2.33. The van der Waals surface area contributed by atoms with Crippen LogP contribution in [0.2, 0.25) is 0 Å². The number of hydrogen-bond acceptors (Lipinski definition) is 6. The number of benzene rings is 4. The number of para-hydroxylation sites is 2. The summed E-state index contributed by atoms with van der Waals surface area (Å²) in [7, 11) is 0. The molecule has 0 unspecified atom stereocenters. The van der Waals surface area contributed by atoms with Gasteiger partial charge in [-0.1, -0.05) is 97.1 Å². The van der Waals surface area contributed by atoms with Gasteiger partial charge in [0, 0.05) is 21.9 Å². The van der Waals surface area contributed by atoms with Crippen molar-refractivity contribution in [2.45, 2.75) is 0 Å². The Morgan fingerprint density at radius 1 is 0.450 bits per heavy atom. The number of aromatic nitrogens is 6. The maximum absolute atomic E-state index is 5.62. The summed E-state index contributed by atoms with van der Waals surface area (Å²) in [6.45, 7) is 0. The fraction of sp³-hybridized carbons (Fsp3) is 0. The third kappa shape index (κ3) is 3.56. The number of rotatable bonds is 4. The molecule has 0 atom stereocenters. The number of fused-ring (bicyclic) bond motifs is 4. The molecule has 4 aromatic carbocycles. The number of furan rings is 1. The fourth-order valence-electron chi connectivity index (χ4n) is 5.17. The number of nitrogens with zero attached hydrogens (tertiary/aromatic N) is 6. The van der Waals surface area contributed by atoms with E-state index >= 15 is 0 Å². The zero-order valence-corrected chi connectivity index (χ0v) is 21.1. The molecule has 0 fully saturated rings. The molecular weight excluding hydrogens is 496 g/mol. The monoisotopic (exact) mass is 516 g/mol. The second kappa shape index (κ2) is 8.96. The molecule has 0 bridgehead atoms. The van der Waals surface area contributed by atoms with Gasteiger partial charge in [-0.3, -0.25) is 4.57 Å².